The van der Waals surface area contributed by atoms with E-state index >= 15 is 0 Å². The summed E-state index contributed by atoms with van der Waals surface area (Å²) in [6.07, 6.45) is 0.329. The highest BCUT2D eigenvalue weighted by molar-refractivity contribution is 7.99. The first-order valence-electron chi connectivity index (χ1n) is 9.53. The van der Waals surface area contributed by atoms with Crippen molar-refractivity contribution < 1.29 is 19.1 Å². The number of carbonyl (C=O) groups excluding carboxylic acids is 2. The van der Waals surface area contributed by atoms with Gasteiger partial charge in [0.1, 0.15) is 11.7 Å². The number of nitrogens with zero attached hydrogens (tertiary/aromatic N) is 1. The summed E-state index contributed by atoms with van der Waals surface area (Å²) in [7, 11) is 0. The SMILES string of the molecule is CCOC(=O)C(C(=O)CCN1CCOCC1)C(SCCN)c1ccccc1. The molecule has 1 aliphatic rings. The maximum Gasteiger partial charge on any atom is 0.317 e. The monoisotopic (exact) mass is 394 g/mol. The van der Waals surface area contributed by atoms with Crippen LogP contribution in [0.1, 0.15) is 24.2 Å². The van der Waals surface area contributed by atoms with Crippen LogP contribution in [-0.4, -0.2) is 68.4 Å². The lowest BCUT2D eigenvalue weighted by atomic mass is 9.92. The lowest BCUT2D eigenvalue weighted by molar-refractivity contribution is -0.151. The maximum absolute atomic E-state index is 13.1. The Morgan fingerprint density at radius 3 is 2.59 bits per heavy atom. The molecule has 1 heterocycles. The minimum Gasteiger partial charge on any atom is -0.465 e. The molecule has 0 bridgehead atoms. The average Bonchev–Trinajstić information content (AvgIpc) is 2.71. The lowest BCUT2D eigenvalue weighted by Crippen LogP contribution is -2.39. The van der Waals surface area contributed by atoms with Crippen molar-refractivity contribution in [2.75, 3.05) is 51.8 Å². The Kier molecular flexibility index (Phi) is 9.83. The number of hydrogen-bond acceptors (Lipinski definition) is 7. The minimum absolute atomic E-state index is 0.0710. The molecule has 0 spiro atoms. The van der Waals surface area contributed by atoms with Crippen molar-refractivity contribution in [2.45, 2.75) is 18.6 Å². The van der Waals surface area contributed by atoms with E-state index in [0.29, 0.717) is 38.5 Å². The van der Waals surface area contributed by atoms with Gasteiger partial charge < -0.3 is 15.2 Å². The van der Waals surface area contributed by atoms with Crippen LogP contribution in [0.25, 0.3) is 0 Å². The molecule has 1 aromatic rings. The molecule has 2 rings (SSSR count). The smallest absolute Gasteiger partial charge is 0.317 e. The number of benzene rings is 1. The van der Waals surface area contributed by atoms with Gasteiger partial charge in [-0.2, -0.15) is 11.8 Å². The Balaban J connectivity index is 2.15. The Labute approximate surface area is 165 Å². The minimum atomic E-state index is -0.815. The summed E-state index contributed by atoms with van der Waals surface area (Å²) in [5.74, 6) is -0.655. The lowest BCUT2D eigenvalue weighted by Gasteiger charge is -2.28. The number of nitrogens with two attached hydrogens (primary N) is 1. The second kappa shape index (κ2) is 12.1. The summed E-state index contributed by atoms with van der Waals surface area (Å²) in [6.45, 7) is 6.17. The van der Waals surface area contributed by atoms with E-state index in [1.54, 1.807) is 18.7 Å². The third kappa shape index (κ3) is 6.92. The second-order valence-corrected chi connectivity index (χ2v) is 7.64. The van der Waals surface area contributed by atoms with Gasteiger partial charge in [-0.05, 0) is 12.5 Å². The van der Waals surface area contributed by atoms with Crippen molar-refractivity contribution in [3.8, 4) is 0 Å². The number of ether oxygens (including phenoxy) is 2. The molecule has 7 heteroatoms. The molecular weight excluding hydrogens is 364 g/mol. The van der Waals surface area contributed by atoms with E-state index < -0.39 is 11.9 Å². The molecule has 1 fully saturated rings. The number of esters is 1. The molecule has 6 nitrogen and oxygen atoms in total. The van der Waals surface area contributed by atoms with E-state index in [4.69, 9.17) is 15.2 Å². The van der Waals surface area contributed by atoms with Crippen molar-refractivity contribution in [1.82, 2.24) is 4.90 Å². The Morgan fingerprint density at radius 1 is 1.26 bits per heavy atom. The average molecular weight is 395 g/mol. The topological polar surface area (TPSA) is 81.9 Å². The fourth-order valence-electron chi connectivity index (χ4n) is 3.13. The Hall–Kier alpha value is -1.41. The van der Waals surface area contributed by atoms with E-state index in [1.165, 1.54) is 0 Å². The molecule has 2 N–H and O–H groups in total. The van der Waals surface area contributed by atoms with Crippen LogP contribution in [0.4, 0.5) is 0 Å². The van der Waals surface area contributed by atoms with Gasteiger partial charge in [0.25, 0.3) is 0 Å². The third-order valence-corrected chi connectivity index (χ3v) is 5.89. The van der Waals surface area contributed by atoms with Crippen LogP contribution in [0, 0.1) is 5.92 Å². The van der Waals surface area contributed by atoms with Crippen LogP contribution in [0.2, 0.25) is 0 Å². The molecule has 0 saturated carbocycles. The summed E-state index contributed by atoms with van der Waals surface area (Å²) >= 11 is 1.55. The number of ketones is 1. The number of Topliss-reactive ketones (excluding diaryl/α,β-unsaturated/α-hetero) is 1. The molecular formula is C20H30N2O4S. The van der Waals surface area contributed by atoms with Gasteiger partial charge in [-0.15, -0.1) is 0 Å². The first kappa shape index (κ1) is 21.9. The van der Waals surface area contributed by atoms with Gasteiger partial charge in [0.15, 0.2) is 0 Å². The largest absolute Gasteiger partial charge is 0.465 e. The molecule has 2 atom stereocenters. The molecule has 0 aliphatic carbocycles. The predicted molar refractivity (Wildman–Crippen MR) is 108 cm³/mol. The van der Waals surface area contributed by atoms with Gasteiger partial charge in [0.05, 0.1) is 25.1 Å². The van der Waals surface area contributed by atoms with Gasteiger partial charge >= 0.3 is 5.97 Å². The van der Waals surface area contributed by atoms with E-state index in [9.17, 15) is 9.59 Å². The standard InChI is InChI=1S/C20H30N2O4S/c1-2-26-20(24)18(17(23)8-10-22-11-13-25-14-12-22)19(27-15-9-21)16-6-4-3-5-7-16/h3-7,18-19H,2,8-15,21H2,1H3. The Morgan fingerprint density at radius 2 is 1.96 bits per heavy atom. The van der Waals surface area contributed by atoms with Gasteiger partial charge in [-0.1, -0.05) is 30.3 Å². The predicted octanol–water partition coefficient (Wildman–Crippen LogP) is 1.89. The summed E-state index contributed by atoms with van der Waals surface area (Å²) in [4.78, 5) is 28.0. The van der Waals surface area contributed by atoms with E-state index in [0.717, 1.165) is 18.7 Å². The molecule has 2 unspecified atom stereocenters. The normalized spacial score (nSPS) is 17.3. The quantitative estimate of drug-likeness (QED) is 0.453. The summed E-state index contributed by atoms with van der Waals surface area (Å²) in [6, 6.07) is 9.68. The molecule has 1 saturated heterocycles. The number of thioether (sulfide) groups is 1. The van der Waals surface area contributed by atoms with Crippen molar-refractivity contribution in [3.05, 3.63) is 35.9 Å². The number of rotatable bonds is 11. The highest BCUT2D eigenvalue weighted by atomic mass is 32.2. The molecule has 0 radical (unpaired) electrons. The number of morpholine rings is 1. The van der Waals surface area contributed by atoms with Crippen molar-refractivity contribution in [2.24, 2.45) is 11.7 Å². The molecule has 1 aromatic carbocycles. The molecule has 0 aromatic heterocycles. The highest BCUT2D eigenvalue weighted by Crippen LogP contribution is 2.37. The maximum atomic E-state index is 13.1. The summed E-state index contributed by atoms with van der Waals surface area (Å²) < 4.78 is 10.6. The highest BCUT2D eigenvalue weighted by Gasteiger charge is 2.37. The number of hydrogen-bond donors (Lipinski definition) is 1. The van der Waals surface area contributed by atoms with Crippen LogP contribution in [0.15, 0.2) is 30.3 Å². The van der Waals surface area contributed by atoms with E-state index in [-0.39, 0.29) is 17.6 Å². The van der Waals surface area contributed by atoms with Crippen molar-refractivity contribution in [1.29, 1.82) is 0 Å². The zero-order valence-corrected chi connectivity index (χ0v) is 16.8. The van der Waals surface area contributed by atoms with Crippen LogP contribution in [-0.2, 0) is 19.1 Å². The van der Waals surface area contributed by atoms with Crippen LogP contribution >= 0.6 is 11.8 Å². The van der Waals surface area contributed by atoms with Crippen molar-refractivity contribution in [3.63, 3.8) is 0 Å². The first-order valence-corrected chi connectivity index (χ1v) is 10.6. The summed E-state index contributed by atoms with van der Waals surface area (Å²) in [5.41, 5.74) is 6.63. The zero-order chi connectivity index (χ0) is 19.5. The van der Waals surface area contributed by atoms with Gasteiger partial charge in [-0.25, -0.2) is 0 Å². The first-order chi connectivity index (χ1) is 13.2. The van der Waals surface area contributed by atoms with E-state index in [2.05, 4.69) is 4.90 Å². The third-order valence-electron chi connectivity index (χ3n) is 4.51. The second-order valence-electron chi connectivity index (χ2n) is 6.39. The van der Waals surface area contributed by atoms with Gasteiger partial charge in [-0.3, -0.25) is 14.5 Å². The molecule has 150 valence electrons. The van der Waals surface area contributed by atoms with Gasteiger partial charge in [0.2, 0.25) is 0 Å². The zero-order valence-electron chi connectivity index (χ0n) is 16.0. The number of carbonyl (C=O) groups is 2. The van der Waals surface area contributed by atoms with Crippen molar-refractivity contribution >= 4 is 23.5 Å². The fourth-order valence-corrected chi connectivity index (χ4v) is 4.32. The molecule has 27 heavy (non-hydrogen) atoms. The summed E-state index contributed by atoms with van der Waals surface area (Å²) in [5, 5.41) is -0.286. The van der Waals surface area contributed by atoms with Gasteiger partial charge in [0, 0.05) is 38.4 Å². The van der Waals surface area contributed by atoms with Crippen LogP contribution in [0.3, 0.4) is 0 Å². The Bertz CT molecular complexity index is 579. The van der Waals surface area contributed by atoms with Crippen LogP contribution in [0.5, 0.6) is 0 Å². The molecule has 0 amide bonds. The van der Waals surface area contributed by atoms with E-state index in [1.807, 2.05) is 30.3 Å². The van der Waals surface area contributed by atoms with Crippen LogP contribution < -0.4 is 5.73 Å². The molecule has 1 aliphatic heterocycles. The fraction of sp³-hybridized carbons (Fsp3) is 0.600.